The van der Waals surface area contributed by atoms with E-state index in [-0.39, 0.29) is 12.4 Å². The highest BCUT2D eigenvalue weighted by atomic mass is 32.2. The summed E-state index contributed by atoms with van der Waals surface area (Å²) in [5.41, 5.74) is 5.41. The van der Waals surface area contributed by atoms with Crippen LogP contribution in [0.3, 0.4) is 0 Å². The number of nitrogens with zero attached hydrogens (tertiary/aromatic N) is 5. The zero-order valence-electron chi connectivity index (χ0n) is 18.2. The summed E-state index contributed by atoms with van der Waals surface area (Å²) < 4.78 is 40.6. The molecule has 172 valence electrons. The molecule has 1 atom stereocenters. The van der Waals surface area contributed by atoms with E-state index in [4.69, 9.17) is 9.54 Å². The topological polar surface area (TPSA) is 97.9 Å². The van der Waals surface area contributed by atoms with Gasteiger partial charge < -0.3 is 0 Å². The Morgan fingerprint density at radius 3 is 2.71 bits per heavy atom. The van der Waals surface area contributed by atoms with E-state index in [1.54, 1.807) is 41.5 Å². The minimum absolute atomic E-state index is 0.245. The van der Waals surface area contributed by atoms with Gasteiger partial charge in [0.25, 0.3) is 0 Å². The monoisotopic (exact) mass is 476 g/mol. The van der Waals surface area contributed by atoms with Gasteiger partial charge in [-0.15, -0.1) is 0 Å². The average Bonchev–Trinajstić information content (AvgIpc) is 3.45. The lowest BCUT2D eigenvalue weighted by Gasteiger charge is -2.11. The molecule has 0 amide bonds. The van der Waals surface area contributed by atoms with Gasteiger partial charge in [-0.25, -0.2) is 23.3 Å². The van der Waals surface area contributed by atoms with Crippen molar-refractivity contribution >= 4 is 22.3 Å². The van der Waals surface area contributed by atoms with Crippen LogP contribution in [0.4, 0.5) is 4.39 Å². The largest absolute Gasteiger partial charge is 0.294 e. The number of pyridine rings is 1. The van der Waals surface area contributed by atoms with Crippen molar-refractivity contribution in [3.05, 3.63) is 84.8 Å². The summed E-state index contributed by atoms with van der Waals surface area (Å²) in [4.78, 5) is 9.29. The molecule has 10 heteroatoms. The van der Waals surface area contributed by atoms with Crippen LogP contribution in [0.1, 0.15) is 5.69 Å². The molecule has 8 nitrogen and oxygen atoms in total. The van der Waals surface area contributed by atoms with Gasteiger partial charge >= 0.3 is 0 Å². The fourth-order valence-corrected chi connectivity index (χ4v) is 4.16. The van der Waals surface area contributed by atoms with Crippen LogP contribution in [0.15, 0.2) is 73.3 Å². The first-order valence-electron chi connectivity index (χ1n) is 10.5. The van der Waals surface area contributed by atoms with Crippen LogP contribution in [0.2, 0.25) is 0 Å². The molecule has 2 N–H and O–H groups in total. The number of rotatable bonds is 7. The van der Waals surface area contributed by atoms with Crippen LogP contribution in [-0.2, 0) is 24.7 Å². The Balaban J connectivity index is 1.58. The maximum absolute atomic E-state index is 14.6. The summed E-state index contributed by atoms with van der Waals surface area (Å²) in [6.45, 7) is 0.245. The number of hydrogen-bond acceptors (Lipinski definition) is 4. The van der Waals surface area contributed by atoms with Crippen molar-refractivity contribution < 1.29 is 13.2 Å². The fraction of sp³-hybridized carbons (Fsp3) is 0.125. The van der Waals surface area contributed by atoms with Crippen molar-refractivity contribution in [1.29, 1.82) is 0 Å². The molecule has 1 unspecified atom stereocenters. The van der Waals surface area contributed by atoms with E-state index in [2.05, 4.69) is 14.8 Å². The van der Waals surface area contributed by atoms with Crippen molar-refractivity contribution in [2.24, 2.45) is 7.05 Å². The maximum atomic E-state index is 14.6. The second-order valence-corrected chi connectivity index (χ2v) is 8.59. The first-order chi connectivity index (χ1) is 16.5. The first-order valence-corrected chi connectivity index (χ1v) is 11.7. The number of aryl methyl sites for hydroxylation is 1. The Morgan fingerprint density at radius 1 is 1.09 bits per heavy atom. The zero-order valence-corrected chi connectivity index (χ0v) is 19.0. The molecule has 34 heavy (non-hydrogen) atoms. The minimum atomic E-state index is -2.11. The summed E-state index contributed by atoms with van der Waals surface area (Å²) in [5, 5.41) is 4.23. The van der Waals surface area contributed by atoms with E-state index in [1.807, 2.05) is 42.1 Å². The molecule has 0 aliphatic carbocycles. The summed E-state index contributed by atoms with van der Waals surface area (Å²) >= 11 is -2.11. The number of benzene rings is 2. The predicted octanol–water partition coefficient (Wildman–Crippen LogP) is 3.90. The van der Waals surface area contributed by atoms with Crippen LogP contribution in [0.5, 0.6) is 0 Å². The van der Waals surface area contributed by atoms with Gasteiger partial charge in [0.2, 0.25) is 11.3 Å². The molecular formula is C24H21FN6O2S. The average molecular weight is 477 g/mol. The van der Waals surface area contributed by atoms with Crippen molar-refractivity contribution in [2.45, 2.75) is 6.42 Å². The van der Waals surface area contributed by atoms with Gasteiger partial charge in [-0.05, 0) is 41.5 Å². The molecular weight excluding hydrogens is 455 g/mol. The number of halogens is 1. The summed E-state index contributed by atoms with van der Waals surface area (Å²) in [5.74, 6) is 0.245. The summed E-state index contributed by atoms with van der Waals surface area (Å²) in [6.07, 6.45) is 5.82. The van der Waals surface area contributed by atoms with Gasteiger partial charge in [-0.1, -0.05) is 24.3 Å². The predicted molar refractivity (Wildman–Crippen MR) is 129 cm³/mol. The second kappa shape index (κ2) is 9.26. The molecule has 3 heterocycles. The van der Waals surface area contributed by atoms with Crippen molar-refractivity contribution in [2.75, 3.05) is 6.54 Å². The Morgan fingerprint density at radius 2 is 1.94 bits per heavy atom. The lowest BCUT2D eigenvalue weighted by atomic mass is 10.0. The molecule has 0 saturated heterocycles. The van der Waals surface area contributed by atoms with Gasteiger partial charge in [0, 0.05) is 43.0 Å². The van der Waals surface area contributed by atoms with Crippen molar-refractivity contribution in [3.63, 3.8) is 0 Å². The third kappa shape index (κ3) is 4.51. The quantitative estimate of drug-likeness (QED) is 0.347. The second-order valence-electron chi connectivity index (χ2n) is 7.80. The van der Waals surface area contributed by atoms with Crippen molar-refractivity contribution in [3.8, 4) is 28.1 Å². The molecule has 3 aromatic heterocycles. The standard InChI is InChI=1S/C24H21FN6O2S/c1-30-14-18(13-27-30)16-6-7-23-22(11-16)26-15-31(23)24-12-17(20-4-2-3-5-21(20)25)10-19(29-24)8-9-28-34(32)33/h2-7,10-15,28H,8-9H2,1H3,(H,32,33). The van der Waals surface area contributed by atoms with Crippen LogP contribution in [0, 0.1) is 5.82 Å². The highest BCUT2D eigenvalue weighted by Crippen LogP contribution is 2.28. The van der Waals surface area contributed by atoms with Crippen LogP contribution in [0.25, 0.3) is 39.1 Å². The number of fused-ring (bicyclic) bond motifs is 1. The smallest absolute Gasteiger partial charge is 0.231 e. The van der Waals surface area contributed by atoms with E-state index in [1.165, 1.54) is 6.07 Å². The van der Waals surface area contributed by atoms with Crippen LogP contribution in [-0.4, -0.2) is 39.6 Å². The molecule has 0 bridgehead atoms. The van der Waals surface area contributed by atoms with Gasteiger partial charge in [-0.3, -0.25) is 13.8 Å². The van der Waals surface area contributed by atoms with Gasteiger partial charge in [-0.2, -0.15) is 5.10 Å². The van der Waals surface area contributed by atoms with E-state index >= 15 is 0 Å². The molecule has 0 saturated carbocycles. The zero-order chi connectivity index (χ0) is 23.7. The minimum Gasteiger partial charge on any atom is -0.294 e. The van der Waals surface area contributed by atoms with Crippen LogP contribution >= 0.6 is 0 Å². The molecule has 0 radical (unpaired) electrons. The van der Waals surface area contributed by atoms with E-state index < -0.39 is 11.3 Å². The fourth-order valence-electron chi connectivity index (χ4n) is 3.89. The highest BCUT2D eigenvalue weighted by molar-refractivity contribution is 7.77. The SMILES string of the molecule is Cn1cc(-c2ccc3c(c2)ncn3-c2cc(-c3ccccc3F)cc(CCNS(=O)O)n2)cn1. The molecule has 5 rings (SSSR count). The number of imidazole rings is 1. The normalized spacial score (nSPS) is 12.3. The number of hydrogen-bond donors (Lipinski definition) is 2. The lowest BCUT2D eigenvalue weighted by Crippen LogP contribution is -2.19. The van der Waals surface area contributed by atoms with Gasteiger partial charge in [0.15, 0.2) is 0 Å². The van der Waals surface area contributed by atoms with E-state index in [9.17, 15) is 8.60 Å². The third-order valence-corrected chi connectivity index (χ3v) is 5.94. The lowest BCUT2D eigenvalue weighted by molar-refractivity contribution is 0.549. The molecule has 5 aromatic rings. The molecule has 0 fully saturated rings. The maximum Gasteiger partial charge on any atom is 0.231 e. The van der Waals surface area contributed by atoms with Crippen molar-refractivity contribution in [1.82, 2.24) is 29.0 Å². The Labute approximate surface area is 197 Å². The van der Waals surface area contributed by atoms with E-state index in [0.717, 1.165) is 22.2 Å². The Bertz CT molecular complexity index is 1510. The number of aromatic nitrogens is 5. The first kappa shape index (κ1) is 22.1. The van der Waals surface area contributed by atoms with Gasteiger partial charge in [0.05, 0.1) is 17.2 Å². The Kier molecular flexibility index (Phi) is 6.01. The molecule has 0 aliphatic heterocycles. The molecule has 0 aliphatic rings. The summed E-state index contributed by atoms with van der Waals surface area (Å²) in [6, 6.07) is 16.1. The van der Waals surface area contributed by atoms with Crippen LogP contribution < -0.4 is 4.72 Å². The number of nitrogens with one attached hydrogen (secondary N) is 1. The molecule has 0 spiro atoms. The molecule has 2 aromatic carbocycles. The van der Waals surface area contributed by atoms with Gasteiger partial charge in [0.1, 0.15) is 18.0 Å². The van der Waals surface area contributed by atoms with E-state index in [0.29, 0.717) is 29.1 Å². The third-order valence-electron chi connectivity index (χ3n) is 5.49. The summed E-state index contributed by atoms with van der Waals surface area (Å²) in [7, 11) is 1.87. The highest BCUT2D eigenvalue weighted by Gasteiger charge is 2.13. The Hall–Kier alpha value is -3.73.